The average Bonchev–Trinajstić information content (AvgIpc) is 2.64. The zero-order chi connectivity index (χ0) is 13.5. The van der Waals surface area contributed by atoms with E-state index in [1.165, 1.54) is 4.90 Å². The smallest absolute Gasteiger partial charge is 0.229 e. The van der Waals surface area contributed by atoms with Crippen molar-refractivity contribution in [2.45, 2.75) is 18.6 Å². The van der Waals surface area contributed by atoms with Crippen LogP contribution in [0.4, 0.5) is 5.82 Å². The molecule has 98 valence electrons. The Morgan fingerprint density at radius 2 is 2.17 bits per heavy atom. The van der Waals surface area contributed by atoms with Crippen molar-refractivity contribution < 1.29 is 13.2 Å². The van der Waals surface area contributed by atoms with Gasteiger partial charge in [0.25, 0.3) is 0 Å². The highest BCUT2D eigenvalue weighted by molar-refractivity contribution is 9.10. The Morgan fingerprint density at radius 1 is 1.50 bits per heavy atom. The lowest BCUT2D eigenvalue weighted by Crippen LogP contribution is -2.32. The first-order valence-electron chi connectivity index (χ1n) is 5.24. The van der Waals surface area contributed by atoms with Crippen LogP contribution in [0.15, 0.2) is 16.7 Å². The summed E-state index contributed by atoms with van der Waals surface area (Å²) < 4.78 is 23.1. The number of aromatic nitrogens is 1. The maximum Gasteiger partial charge on any atom is 0.229 e. The molecule has 0 bridgehead atoms. The quantitative estimate of drug-likeness (QED) is 0.799. The van der Waals surface area contributed by atoms with E-state index in [-0.39, 0.29) is 18.9 Å². The highest BCUT2D eigenvalue weighted by Gasteiger charge is 2.38. The maximum absolute atomic E-state index is 11.8. The van der Waals surface area contributed by atoms with Crippen LogP contribution in [0.1, 0.15) is 12.0 Å². The minimum atomic E-state index is -3.70. The van der Waals surface area contributed by atoms with Crippen molar-refractivity contribution in [2.75, 3.05) is 11.4 Å². The fraction of sp³-hybridized carbons (Fsp3) is 0.400. The van der Waals surface area contributed by atoms with Gasteiger partial charge in [-0.2, -0.15) is 0 Å². The predicted octanol–water partition coefficient (Wildman–Crippen LogP) is 0.546. The number of nitrogens with zero attached hydrogens (tertiary/aromatic N) is 2. The van der Waals surface area contributed by atoms with Gasteiger partial charge in [0.1, 0.15) is 15.7 Å². The van der Waals surface area contributed by atoms with Crippen molar-refractivity contribution >= 4 is 37.7 Å². The van der Waals surface area contributed by atoms with Gasteiger partial charge in [-0.05, 0) is 34.5 Å². The highest BCUT2D eigenvalue weighted by atomic mass is 79.9. The van der Waals surface area contributed by atoms with Gasteiger partial charge in [-0.15, -0.1) is 0 Å². The Balaban J connectivity index is 2.35. The van der Waals surface area contributed by atoms with Crippen molar-refractivity contribution in [1.82, 2.24) is 4.98 Å². The van der Waals surface area contributed by atoms with Gasteiger partial charge in [0, 0.05) is 13.0 Å². The molecule has 0 aromatic carbocycles. The van der Waals surface area contributed by atoms with Gasteiger partial charge >= 0.3 is 0 Å². The van der Waals surface area contributed by atoms with E-state index in [0.29, 0.717) is 10.4 Å². The fourth-order valence-electron chi connectivity index (χ4n) is 1.87. The van der Waals surface area contributed by atoms with Gasteiger partial charge in [0.15, 0.2) is 0 Å². The number of nitrogens with two attached hydrogens (primary N) is 1. The molecule has 8 heteroatoms. The molecule has 1 aliphatic rings. The summed E-state index contributed by atoms with van der Waals surface area (Å²) in [4.78, 5) is 17.4. The second-order valence-electron chi connectivity index (χ2n) is 4.19. The van der Waals surface area contributed by atoms with E-state index < -0.39 is 15.3 Å². The fourth-order valence-corrected chi connectivity index (χ4v) is 2.90. The number of anilines is 1. The molecule has 18 heavy (non-hydrogen) atoms. The summed E-state index contributed by atoms with van der Waals surface area (Å²) in [6.07, 6.45) is -0.0908. The molecule has 2 rings (SSSR count). The number of carbonyl (C=O) groups excluding carboxylic acids is 1. The third-order valence-electron chi connectivity index (χ3n) is 2.85. The van der Waals surface area contributed by atoms with Crippen molar-refractivity contribution in [3.8, 4) is 0 Å². The van der Waals surface area contributed by atoms with E-state index >= 15 is 0 Å². The second kappa shape index (κ2) is 4.60. The van der Waals surface area contributed by atoms with Crippen LogP contribution in [0.3, 0.4) is 0 Å². The van der Waals surface area contributed by atoms with Gasteiger partial charge in [-0.25, -0.2) is 18.5 Å². The minimum absolute atomic E-state index is 0.0575. The van der Waals surface area contributed by atoms with Crippen LogP contribution in [0.2, 0.25) is 0 Å². The van der Waals surface area contributed by atoms with Crippen molar-refractivity contribution in [3.05, 3.63) is 22.3 Å². The third kappa shape index (κ3) is 2.55. The molecule has 0 radical (unpaired) electrons. The number of carbonyl (C=O) groups is 1. The normalized spacial score (nSPS) is 20.5. The van der Waals surface area contributed by atoms with Gasteiger partial charge in [-0.3, -0.25) is 9.69 Å². The lowest BCUT2D eigenvalue weighted by atomic mass is 10.3. The molecule has 1 saturated heterocycles. The first-order valence-corrected chi connectivity index (χ1v) is 7.64. The number of hydrogen-bond donors (Lipinski definition) is 1. The number of primary sulfonamides is 1. The topological polar surface area (TPSA) is 93.4 Å². The summed E-state index contributed by atoms with van der Waals surface area (Å²) in [5.74, 6) is 0.197. The lowest BCUT2D eigenvalue weighted by molar-refractivity contribution is -0.117. The van der Waals surface area contributed by atoms with E-state index in [1.54, 1.807) is 6.07 Å². The SMILES string of the molecule is Cc1ccc(Br)nc1N1CC(S(N)(=O)=O)CC1=O. The molecule has 1 amide bonds. The van der Waals surface area contributed by atoms with Crippen LogP contribution < -0.4 is 10.0 Å². The molecule has 0 aliphatic carbocycles. The monoisotopic (exact) mass is 333 g/mol. The van der Waals surface area contributed by atoms with Crippen molar-refractivity contribution in [2.24, 2.45) is 5.14 Å². The molecule has 1 aromatic rings. The van der Waals surface area contributed by atoms with Gasteiger partial charge in [-0.1, -0.05) is 6.07 Å². The van der Waals surface area contributed by atoms with Crippen molar-refractivity contribution in [3.63, 3.8) is 0 Å². The Bertz CT molecular complexity index is 602. The lowest BCUT2D eigenvalue weighted by Gasteiger charge is -2.17. The highest BCUT2D eigenvalue weighted by Crippen LogP contribution is 2.26. The molecule has 0 spiro atoms. The van der Waals surface area contributed by atoms with Crippen LogP contribution in [0.25, 0.3) is 0 Å². The Hall–Kier alpha value is -0.990. The van der Waals surface area contributed by atoms with Crippen LogP contribution in [0, 0.1) is 6.92 Å². The number of rotatable bonds is 2. The summed E-state index contributed by atoms with van der Waals surface area (Å²) >= 11 is 3.23. The first-order chi connectivity index (χ1) is 8.29. The van der Waals surface area contributed by atoms with E-state index in [2.05, 4.69) is 20.9 Å². The number of halogens is 1. The van der Waals surface area contributed by atoms with Crippen LogP contribution in [0.5, 0.6) is 0 Å². The Kier molecular flexibility index (Phi) is 3.43. The van der Waals surface area contributed by atoms with E-state index in [4.69, 9.17) is 5.14 Å². The summed E-state index contributed by atoms with van der Waals surface area (Å²) in [6.45, 7) is 1.87. The number of hydrogen-bond acceptors (Lipinski definition) is 4. The summed E-state index contributed by atoms with van der Waals surface area (Å²) in [5, 5.41) is 4.22. The summed E-state index contributed by atoms with van der Waals surface area (Å²) in [7, 11) is -3.70. The zero-order valence-corrected chi connectivity index (χ0v) is 12.0. The summed E-state index contributed by atoms with van der Waals surface area (Å²) in [6, 6.07) is 3.57. The molecule has 1 atom stereocenters. The van der Waals surface area contributed by atoms with Crippen LogP contribution in [-0.2, 0) is 14.8 Å². The van der Waals surface area contributed by atoms with E-state index in [0.717, 1.165) is 5.56 Å². The molecule has 1 aromatic heterocycles. The first kappa shape index (κ1) is 13.4. The molecule has 2 N–H and O–H groups in total. The number of pyridine rings is 1. The Labute approximate surface area is 113 Å². The third-order valence-corrected chi connectivity index (χ3v) is 4.53. The number of amides is 1. The molecular weight excluding hydrogens is 322 g/mol. The van der Waals surface area contributed by atoms with Gasteiger partial charge in [0.2, 0.25) is 15.9 Å². The summed E-state index contributed by atoms with van der Waals surface area (Å²) in [5.41, 5.74) is 0.807. The molecule has 1 unspecified atom stereocenters. The van der Waals surface area contributed by atoms with Gasteiger partial charge < -0.3 is 0 Å². The predicted molar refractivity (Wildman–Crippen MR) is 70.5 cm³/mol. The van der Waals surface area contributed by atoms with Crippen molar-refractivity contribution in [1.29, 1.82) is 0 Å². The number of sulfonamides is 1. The Morgan fingerprint density at radius 3 is 2.72 bits per heavy atom. The molecule has 0 saturated carbocycles. The molecule has 1 fully saturated rings. The minimum Gasteiger partial charge on any atom is -0.295 e. The molecule has 6 nitrogen and oxygen atoms in total. The van der Waals surface area contributed by atoms with E-state index in [9.17, 15) is 13.2 Å². The van der Waals surface area contributed by atoms with Gasteiger partial charge in [0.05, 0.1) is 0 Å². The largest absolute Gasteiger partial charge is 0.295 e. The second-order valence-corrected chi connectivity index (χ2v) is 6.85. The van der Waals surface area contributed by atoms with Crippen LogP contribution >= 0.6 is 15.9 Å². The molecule has 2 heterocycles. The maximum atomic E-state index is 11.8. The standard InChI is InChI=1S/C10H12BrN3O3S/c1-6-2-3-8(11)13-10(6)14-5-7(4-9(14)15)18(12,16)17/h2-3,7H,4-5H2,1H3,(H2,12,16,17). The molecular formula is C10H12BrN3O3S. The molecule has 1 aliphatic heterocycles. The zero-order valence-electron chi connectivity index (χ0n) is 9.63. The number of aryl methyl sites for hydroxylation is 1. The average molecular weight is 334 g/mol. The van der Waals surface area contributed by atoms with Crippen LogP contribution in [-0.4, -0.2) is 31.1 Å². The van der Waals surface area contributed by atoms with E-state index in [1.807, 2.05) is 13.0 Å².